The zero-order chi connectivity index (χ0) is 18.2. The summed E-state index contributed by atoms with van der Waals surface area (Å²) in [7, 11) is 0. The van der Waals surface area contributed by atoms with E-state index in [1.54, 1.807) is 0 Å². The molecule has 142 valence electrons. The number of nitrogens with zero attached hydrogens (tertiary/aromatic N) is 3. The summed E-state index contributed by atoms with van der Waals surface area (Å²) in [4.78, 5) is 15.2. The first-order chi connectivity index (χ1) is 13.3. The fourth-order valence-corrected chi connectivity index (χ4v) is 4.70. The number of carbonyl (C=O) groups is 1. The first-order valence-electron chi connectivity index (χ1n) is 9.54. The lowest BCUT2D eigenvalue weighted by Gasteiger charge is -2.34. The van der Waals surface area contributed by atoms with E-state index in [0.717, 1.165) is 47.9 Å². The number of hydrogen-bond donors (Lipinski definition) is 1. The number of hydrogen-bond acceptors (Lipinski definition) is 7. The van der Waals surface area contributed by atoms with Crippen LogP contribution in [0.4, 0.5) is 5.13 Å². The average Bonchev–Trinajstić information content (AvgIpc) is 3.23. The van der Waals surface area contributed by atoms with Crippen LogP contribution in [-0.4, -0.2) is 40.4 Å². The van der Waals surface area contributed by atoms with Crippen molar-refractivity contribution in [3.63, 3.8) is 0 Å². The van der Waals surface area contributed by atoms with Crippen molar-refractivity contribution in [2.45, 2.75) is 50.6 Å². The summed E-state index contributed by atoms with van der Waals surface area (Å²) in [6, 6.07) is 5.77. The van der Waals surface area contributed by atoms with Crippen molar-refractivity contribution in [2.24, 2.45) is 0 Å². The summed E-state index contributed by atoms with van der Waals surface area (Å²) in [5, 5.41) is 13.0. The molecule has 1 amide bonds. The SMILES string of the molecule is O=C(Nc1nnc(C2CC2)s1)[C@H]1CCCCN1Cc1cccc2c1OCO2. The quantitative estimate of drug-likeness (QED) is 0.851. The van der Waals surface area contributed by atoms with Gasteiger partial charge in [0.25, 0.3) is 0 Å². The maximum absolute atomic E-state index is 12.9. The fourth-order valence-electron chi connectivity index (χ4n) is 3.78. The van der Waals surface area contributed by atoms with Crippen LogP contribution in [0, 0.1) is 0 Å². The Morgan fingerprint density at radius 2 is 2.15 bits per heavy atom. The normalized spacial score (nSPS) is 22.0. The molecule has 0 unspecified atom stereocenters. The molecule has 2 aliphatic heterocycles. The molecular weight excluding hydrogens is 364 g/mol. The number of piperidine rings is 1. The minimum absolute atomic E-state index is 0.0120. The van der Waals surface area contributed by atoms with Crippen molar-refractivity contribution in [1.82, 2.24) is 15.1 Å². The van der Waals surface area contributed by atoms with Crippen molar-refractivity contribution in [3.8, 4) is 11.5 Å². The molecule has 1 aromatic carbocycles. The third-order valence-electron chi connectivity index (χ3n) is 5.37. The van der Waals surface area contributed by atoms with E-state index in [-0.39, 0.29) is 18.7 Å². The summed E-state index contributed by atoms with van der Waals surface area (Å²) >= 11 is 1.51. The molecule has 7 nitrogen and oxygen atoms in total. The van der Waals surface area contributed by atoms with Crippen LogP contribution < -0.4 is 14.8 Å². The lowest BCUT2D eigenvalue weighted by atomic mass is 10.00. The van der Waals surface area contributed by atoms with Gasteiger partial charge < -0.3 is 9.47 Å². The Morgan fingerprint density at radius 1 is 1.22 bits per heavy atom. The number of fused-ring (bicyclic) bond motifs is 1. The molecule has 0 radical (unpaired) electrons. The molecule has 27 heavy (non-hydrogen) atoms. The van der Waals surface area contributed by atoms with Gasteiger partial charge in [-0.25, -0.2) is 0 Å². The van der Waals surface area contributed by atoms with E-state index >= 15 is 0 Å². The fraction of sp³-hybridized carbons (Fsp3) is 0.526. The highest BCUT2D eigenvalue weighted by molar-refractivity contribution is 7.15. The Balaban J connectivity index is 1.29. The third kappa shape index (κ3) is 3.51. The minimum Gasteiger partial charge on any atom is -0.454 e. The summed E-state index contributed by atoms with van der Waals surface area (Å²) in [6.07, 6.45) is 5.39. The van der Waals surface area contributed by atoms with E-state index in [2.05, 4.69) is 20.4 Å². The molecule has 3 heterocycles. The van der Waals surface area contributed by atoms with Crippen LogP contribution in [-0.2, 0) is 11.3 Å². The molecule has 1 saturated heterocycles. The van der Waals surface area contributed by atoms with Gasteiger partial charge >= 0.3 is 0 Å². The molecule has 0 bridgehead atoms. The molecule has 3 aliphatic rings. The van der Waals surface area contributed by atoms with Crippen LogP contribution >= 0.6 is 11.3 Å². The minimum atomic E-state index is -0.162. The number of para-hydroxylation sites is 1. The molecule has 8 heteroatoms. The predicted octanol–water partition coefficient (Wildman–Crippen LogP) is 3.14. The van der Waals surface area contributed by atoms with Gasteiger partial charge in [-0.1, -0.05) is 29.9 Å². The van der Waals surface area contributed by atoms with Gasteiger partial charge in [0.2, 0.25) is 17.8 Å². The molecule has 1 N–H and O–H groups in total. The van der Waals surface area contributed by atoms with E-state index in [0.29, 0.717) is 17.6 Å². The van der Waals surface area contributed by atoms with Crippen molar-refractivity contribution in [3.05, 3.63) is 28.8 Å². The molecule has 1 atom stereocenters. The Bertz CT molecular complexity index is 851. The van der Waals surface area contributed by atoms with Gasteiger partial charge in [0.05, 0.1) is 6.04 Å². The highest BCUT2D eigenvalue weighted by Crippen LogP contribution is 2.42. The van der Waals surface area contributed by atoms with E-state index in [1.165, 1.54) is 24.2 Å². The molecule has 1 saturated carbocycles. The van der Waals surface area contributed by atoms with Gasteiger partial charge in [-0.05, 0) is 38.3 Å². The number of carbonyl (C=O) groups excluding carboxylic acids is 1. The number of ether oxygens (including phenoxy) is 2. The van der Waals surface area contributed by atoms with Gasteiger partial charge in [-0.2, -0.15) is 0 Å². The van der Waals surface area contributed by atoms with Crippen molar-refractivity contribution >= 4 is 22.4 Å². The number of nitrogens with one attached hydrogen (secondary N) is 1. The number of rotatable bonds is 5. The van der Waals surface area contributed by atoms with Crippen molar-refractivity contribution in [1.29, 1.82) is 0 Å². The zero-order valence-electron chi connectivity index (χ0n) is 15.0. The van der Waals surface area contributed by atoms with E-state index < -0.39 is 0 Å². The average molecular weight is 386 g/mol. The zero-order valence-corrected chi connectivity index (χ0v) is 15.8. The van der Waals surface area contributed by atoms with E-state index in [4.69, 9.17) is 9.47 Å². The van der Waals surface area contributed by atoms with Gasteiger partial charge in [-0.3, -0.25) is 15.0 Å². The largest absolute Gasteiger partial charge is 0.454 e. The van der Waals surface area contributed by atoms with E-state index in [1.807, 2.05) is 18.2 Å². The second-order valence-corrected chi connectivity index (χ2v) is 8.35. The number of anilines is 1. The second kappa shape index (κ2) is 7.09. The lowest BCUT2D eigenvalue weighted by Crippen LogP contribution is -2.46. The summed E-state index contributed by atoms with van der Waals surface area (Å²) in [5.74, 6) is 2.16. The smallest absolute Gasteiger partial charge is 0.243 e. The lowest BCUT2D eigenvalue weighted by molar-refractivity contribution is -0.122. The summed E-state index contributed by atoms with van der Waals surface area (Å²) in [5.41, 5.74) is 1.07. The van der Waals surface area contributed by atoms with Crippen molar-refractivity contribution in [2.75, 3.05) is 18.7 Å². The third-order valence-corrected chi connectivity index (χ3v) is 6.37. The molecule has 2 aromatic rings. The van der Waals surface area contributed by atoms with Crippen molar-refractivity contribution < 1.29 is 14.3 Å². The monoisotopic (exact) mass is 386 g/mol. The number of amides is 1. The predicted molar refractivity (Wildman–Crippen MR) is 101 cm³/mol. The van der Waals surface area contributed by atoms with Gasteiger partial charge in [0.1, 0.15) is 5.01 Å². The van der Waals surface area contributed by atoms with Crippen LogP contribution in [0.2, 0.25) is 0 Å². The van der Waals surface area contributed by atoms with Crippen LogP contribution in [0.25, 0.3) is 0 Å². The van der Waals surface area contributed by atoms with Gasteiger partial charge in [-0.15, -0.1) is 10.2 Å². The van der Waals surface area contributed by atoms with E-state index in [9.17, 15) is 4.79 Å². The number of aromatic nitrogens is 2. The Hall–Kier alpha value is -2.19. The highest BCUT2D eigenvalue weighted by atomic mass is 32.1. The van der Waals surface area contributed by atoms with Crippen LogP contribution in [0.15, 0.2) is 18.2 Å². The van der Waals surface area contributed by atoms with Gasteiger partial charge in [0, 0.05) is 18.0 Å². The molecule has 1 aliphatic carbocycles. The number of benzene rings is 1. The maximum Gasteiger partial charge on any atom is 0.243 e. The number of likely N-dealkylation sites (tertiary alicyclic amines) is 1. The topological polar surface area (TPSA) is 76.6 Å². The second-order valence-electron chi connectivity index (χ2n) is 7.34. The molecule has 5 rings (SSSR count). The first-order valence-corrected chi connectivity index (χ1v) is 10.4. The Kier molecular flexibility index (Phi) is 4.45. The molecule has 2 fully saturated rings. The van der Waals surface area contributed by atoms with Crippen LogP contribution in [0.5, 0.6) is 11.5 Å². The van der Waals surface area contributed by atoms with Crippen LogP contribution in [0.3, 0.4) is 0 Å². The molecular formula is C19H22N4O3S. The standard InChI is InChI=1S/C19H22N4O3S/c24-17(20-19-22-21-18(27-19)12-7-8-12)14-5-1-2-9-23(14)10-13-4-3-6-15-16(13)26-11-25-15/h3-4,6,12,14H,1-2,5,7-11H2,(H,20,22,24)/t14-/m1/s1. The maximum atomic E-state index is 12.9. The first kappa shape index (κ1) is 16.9. The Morgan fingerprint density at radius 3 is 3.04 bits per heavy atom. The molecule has 0 spiro atoms. The summed E-state index contributed by atoms with van der Waals surface area (Å²) in [6.45, 7) is 1.83. The highest BCUT2D eigenvalue weighted by Gasteiger charge is 2.32. The summed E-state index contributed by atoms with van der Waals surface area (Å²) < 4.78 is 11.1. The Labute approximate surface area is 161 Å². The van der Waals surface area contributed by atoms with Gasteiger partial charge in [0.15, 0.2) is 11.5 Å². The van der Waals surface area contributed by atoms with Crippen LogP contribution in [0.1, 0.15) is 48.6 Å². The molecule has 1 aromatic heterocycles.